The highest BCUT2D eigenvalue weighted by atomic mass is 28.4. The lowest BCUT2D eigenvalue weighted by Gasteiger charge is -2.37. The predicted octanol–water partition coefficient (Wildman–Crippen LogP) is 9.11. The summed E-state index contributed by atoms with van der Waals surface area (Å²) in [6, 6.07) is 22.6. The van der Waals surface area contributed by atoms with Crippen molar-refractivity contribution >= 4 is 16.6 Å². The van der Waals surface area contributed by atoms with Gasteiger partial charge < -0.3 is 27.8 Å². The van der Waals surface area contributed by atoms with Crippen molar-refractivity contribution in [1.29, 1.82) is 5.26 Å². The highest BCUT2D eigenvalue weighted by Gasteiger charge is 2.38. The Morgan fingerprint density at radius 2 is 1.52 bits per heavy atom. The molecule has 0 bridgehead atoms. The molecular weight excluding hydrogens is 635 g/mol. The normalized spacial score (nSPS) is 22.4. The summed E-state index contributed by atoms with van der Waals surface area (Å²) < 4.78 is 39.0. The van der Waals surface area contributed by atoms with Gasteiger partial charge in [-0.05, 0) is 61.4 Å². The molecule has 2 aromatic rings. The van der Waals surface area contributed by atoms with Crippen LogP contribution in [0.3, 0.4) is 0 Å². The van der Waals surface area contributed by atoms with Gasteiger partial charge in [-0.25, -0.2) is 0 Å². The maximum atomic E-state index is 10.0. The molecule has 48 heavy (non-hydrogen) atoms. The minimum absolute atomic E-state index is 0.0109. The van der Waals surface area contributed by atoms with Gasteiger partial charge in [0.1, 0.15) is 24.1 Å². The SMILES string of the molecule is C=C[C@@H]1O[C@H](COCc2ccccc2)[C@@H](OCc2ccccc2)C/C=C\C[C@H]1O/C(=C/C(C#N)O[Si](C)(C)C)CO[Si](C)(C)C(C)(C)C. The number of nitriles is 1. The van der Waals surface area contributed by atoms with E-state index in [1.807, 2.05) is 48.5 Å². The molecule has 0 spiro atoms. The van der Waals surface area contributed by atoms with E-state index < -0.39 is 41.1 Å². The Balaban J connectivity index is 1.87. The molecule has 1 heterocycles. The second kappa shape index (κ2) is 18.8. The molecule has 7 nitrogen and oxygen atoms in total. The average Bonchev–Trinajstić information content (AvgIpc) is 3.11. The summed E-state index contributed by atoms with van der Waals surface area (Å²) in [4.78, 5) is 0. The molecule has 2 aromatic carbocycles. The van der Waals surface area contributed by atoms with Gasteiger partial charge in [-0.1, -0.05) is 99.7 Å². The summed E-state index contributed by atoms with van der Waals surface area (Å²) in [5.41, 5.74) is 2.18. The van der Waals surface area contributed by atoms with Gasteiger partial charge in [0.25, 0.3) is 0 Å². The Hall–Kier alpha value is -2.82. The lowest BCUT2D eigenvalue weighted by atomic mass is 10.1. The molecule has 0 aliphatic carbocycles. The van der Waals surface area contributed by atoms with Gasteiger partial charge in [0.05, 0.1) is 38.6 Å². The highest BCUT2D eigenvalue weighted by molar-refractivity contribution is 6.74. The summed E-state index contributed by atoms with van der Waals surface area (Å²) in [7, 11) is -4.14. The molecule has 3 rings (SSSR count). The van der Waals surface area contributed by atoms with E-state index in [0.717, 1.165) is 11.1 Å². The Labute approximate surface area is 291 Å². The summed E-state index contributed by atoms with van der Waals surface area (Å²) in [6.07, 6.45) is 6.71. The Kier molecular flexibility index (Phi) is 15.5. The zero-order valence-electron chi connectivity index (χ0n) is 30.3. The minimum atomic E-state index is -2.13. The molecule has 1 unspecified atom stereocenters. The fraction of sp³-hybridized carbons (Fsp3) is 0.513. The second-order valence-electron chi connectivity index (χ2n) is 14.8. The van der Waals surface area contributed by atoms with Crippen LogP contribution in [0.15, 0.2) is 97.3 Å². The highest BCUT2D eigenvalue weighted by Crippen LogP contribution is 2.37. The lowest BCUT2D eigenvalue weighted by Crippen LogP contribution is -2.43. The van der Waals surface area contributed by atoms with Crippen LogP contribution < -0.4 is 0 Å². The molecule has 5 atom stereocenters. The van der Waals surface area contributed by atoms with Crippen LogP contribution in [0.4, 0.5) is 0 Å². The van der Waals surface area contributed by atoms with E-state index in [9.17, 15) is 5.26 Å². The molecule has 0 amide bonds. The fourth-order valence-corrected chi connectivity index (χ4v) is 6.66. The Morgan fingerprint density at radius 1 is 0.938 bits per heavy atom. The van der Waals surface area contributed by atoms with E-state index in [-0.39, 0.29) is 17.7 Å². The van der Waals surface area contributed by atoms with Gasteiger partial charge in [0.15, 0.2) is 22.7 Å². The van der Waals surface area contributed by atoms with Crippen molar-refractivity contribution in [2.75, 3.05) is 13.2 Å². The van der Waals surface area contributed by atoms with Crippen LogP contribution in [0.25, 0.3) is 0 Å². The number of nitrogens with zero attached hydrogens (tertiary/aromatic N) is 1. The van der Waals surface area contributed by atoms with Crippen molar-refractivity contribution in [3.8, 4) is 6.07 Å². The molecule has 1 aliphatic rings. The molecule has 9 heteroatoms. The number of hydrogen-bond acceptors (Lipinski definition) is 7. The average molecular weight is 692 g/mol. The van der Waals surface area contributed by atoms with E-state index in [1.54, 1.807) is 12.2 Å². The van der Waals surface area contributed by atoms with Crippen molar-refractivity contribution in [3.63, 3.8) is 0 Å². The second-order valence-corrected chi connectivity index (χ2v) is 24.0. The Bertz CT molecular complexity index is 1340. The zero-order chi connectivity index (χ0) is 35.2. The van der Waals surface area contributed by atoms with E-state index >= 15 is 0 Å². The molecule has 0 saturated heterocycles. The van der Waals surface area contributed by atoms with Gasteiger partial charge in [-0.3, -0.25) is 0 Å². The first-order valence-corrected chi connectivity index (χ1v) is 23.3. The topological polar surface area (TPSA) is 79.2 Å². The third-order valence-corrected chi connectivity index (χ3v) is 14.0. The van der Waals surface area contributed by atoms with Crippen molar-refractivity contribution < 1.29 is 27.8 Å². The van der Waals surface area contributed by atoms with Crippen LogP contribution in [-0.4, -0.2) is 60.4 Å². The molecule has 262 valence electrons. The summed E-state index contributed by atoms with van der Waals surface area (Å²) in [5, 5.41) is 10.0. The maximum Gasteiger partial charge on any atom is 0.192 e. The molecule has 0 aromatic heterocycles. The standard InChI is InChI=1S/C39H57NO6Si2/c1-10-35-37(44-34(25-33(26-40)46-47(5,6)7)29-43-48(8,9)39(2,3)4)24-18-17-23-36(42-28-32-21-15-12-16-22-32)38(45-35)30-41-27-31-19-13-11-14-20-31/h10-22,25,33,35-38H,1,23-24,27-30H2,2-9H3/b18-17-,34-25+/t33?,35-,36-,37+,38+/m0/s1. The number of ether oxygens (including phenoxy) is 4. The zero-order valence-corrected chi connectivity index (χ0v) is 32.3. The van der Waals surface area contributed by atoms with Crippen LogP contribution in [0, 0.1) is 11.3 Å². The lowest BCUT2D eigenvalue weighted by molar-refractivity contribution is -0.145. The van der Waals surface area contributed by atoms with E-state index in [0.29, 0.717) is 38.4 Å². The summed E-state index contributed by atoms with van der Waals surface area (Å²) in [5.74, 6) is 0.562. The van der Waals surface area contributed by atoms with Crippen molar-refractivity contribution in [3.05, 3.63) is 108 Å². The molecule has 0 N–H and O–H groups in total. The smallest absolute Gasteiger partial charge is 0.192 e. The number of benzene rings is 2. The number of rotatable bonds is 16. The molecule has 1 aliphatic heterocycles. The molecule has 0 saturated carbocycles. The van der Waals surface area contributed by atoms with Crippen LogP contribution in [0.2, 0.25) is 37.8 Å². The third-order valence-electron chi connectivity index (χ3n) is 8.58. The van der Waals surface area contributed by atoms with E-state index in [4.69, 9.17) is 27.8 Å². The van der Waals surface area contributed by atoms with Gasteiger partial charge in [0, 0.05) is 6.42 Å². The van der Waals surface area contributed by atoms with Crippen LogP contribution in [0.5, 0.6) is 0 Å². The Morgan fingerprint density at radius 3 is 2.06 bits per heavy atom. The molecule has 0 radical (unpaired) electrons. The van der Waals surface area contributed by atoms with Gasteiger partial charge in [-0.15, -0.1) is 6.58 Å². The maximum absolute atomic E-state index is 10.0. The fourth-order valence-electron chi connectivity index (χ4n) is 4.84. The first-order chi connectivity index (χ1) is 22.7. The van der Waals surface area contributed by atoms with Gasteiger partial charge >= 0.3 is 0 Å². The predicted molar refractivity (Wildman–Crippen MR) is 198 cm³/mol. The van der Waals surface area contributed by atoms with Gasteiger partial charge in [-0.2, -0.15) is 5.26 Å². The van der Waals surface area contributed by atoms with Crippen LogP contribution in [-0.2, 0) is 41.0 Å². The van der Waals surface area contributed by atoms with E-state index in [2.05, 4.69) is 90.4 Å². The van der Waals surface area contributed by atoms with E-state index in [1.165, 1.54) is 0 Å². The van der Waals surface area contributed by atoms with Gasteiger partial charge in [0.2, 0.25) is 0 Å². The first kappa shape index (κ1) is 39.6. The van der Waals surface area contributed by atoms with Crippen molar-refractivity contribution in [2.24, 2.45) is 0 Å². The van der Waals surface area contributed by atoms with Crippen molar-refractivity contribution in [2.45, 2.75) is 115 Å². The van der Waals surface area contributed by atoms with Crippen molar-refractivity contribution in [1.82, 2.24) is 0 Å². The first-order valence-electron chi connectivity index (χ1n) is 17.0. The molecular formula is C39H57NO6Si2. The third kappa shape index (κ3) is 13.6. The summed E-state index contributed by atoms with van der Waals surface area (Å²) >= 11 is 0. The number of hydrogen-bond donors (Lipinski definition) is 0. The largest absolute Gasteiger partial charge is 0.489 e. The summed E-state index contributed by atoms with van der Waals surface area (Å²) in [6.45, 7) is 22.9. The minimum Gasteiger partial charge on any atom is -0.489 e. The quantitative estimate of drug-likeness (QED) is 0.0987. The molecule has 0 fully saturated rings. The van der Waals surface area contributed by atoms with Crippen LogP contribution in [0.1, 0.15) is 44.7 Å². The van der Waals surface area contributed by atoms with Crippen LogP contribution >= 0.6 is 0 Å². The monoisotopic (exact) mass is 691 g/mol.